The molecule has 0 aliphatic heterocycles. The Morgan fingerprint density at radius 2 is 1.53 bits per heavy atom. The zero-order valence-corrected chi connectivity index (χ0v) is 20.5. The molecule has 0 amide bonds. The highest BCUT2D eigenvalue weighted by Crippen LogP contribution is 2.36. The van der Waals surface area contributed by atoms with Crippen molar-refractivity contribution in [2.75, 3.05) is 0 Å². The largest absolute Gasteiger partial charge is 0.288 e. The average molecular weight is 527 g/mol. The highest BCUT2D eigenvalue weighted by atomic mass is 35.5. The topological polar surface area (TPSA) is 69.2 Å². The van der Waals surface area contributed by atoms with Crippen LogP contribution in [-0.2, 0) is 0 Å². The fourth-order valence-electron chi connectivity index (χ4n) is 4.09. The summed E-state index contributed by atoms with van der Waals surface area (Å²) in [6.45, 7) is 7.15. The number of hydrogen-bond acceptors (Lipinski definition) is 5. The number of halogens is 2. The van der Waals surface area contributed by atoms with Crippen LogP contribution < -0.4 is 0 Å². The molecule has 36 heavy (non-hydrogen) atoms. The van der Waals surface area contributed by atoms with Gasteiger partial charge in [-0.05, 0) is 30.3 Å². The number of carbonyl (C=O) groups excluding carboxylic acids is 2. The maximum Gasteiger partial charge on any atom is 0.197 e. The van der Waals surface area contributed by atoms with Crippen LogP contribution >= 0.6 is 34.5 Å². The first-order valence-corrected chi connectivity index (χ1v) is 12.2. The van der Waals surface area contributed by atoms with Gasteiger partial charge in [-0.2, -0.15) is 0 Å². The number of imidazole rings is 1. The number of hydrogen-bond donors (Lipinski definition) is 0. The molecule has 0 N–H and O–H groups in total. The van der Waals surface area contributed by atoms with Gasteiger partial charge in [0.1, 0.15) is 10.8 Å². The van der Waals surface area contributed by atoms with Crippen molar-refractivity contribution < 1.29 is 9.59 Å². The van der Waals surface area contributed by atoms with E-state index in [0.29, 0.717) is 22.0 Å². The van der Waals surface area contributed by atoms with Crippen molar-refractivity contribution >= 4 is 68.3 Å². The smallest absolute Gasteiger partial charge is 0.197 e. The summed E-state index contributed by atoms with van der Waals surface area (Å²) in [6, 6.07) is 19.5. The van der Waals surface area contributed by atoms with E-state index in [4.69, 9.17) is 39.7 Å². The van der Waals surface area contributed by atoms with Crippen LogP contribution in [0.2, 0.25) is 10.0 Å². The van der Waals surface area contributed by atoms with Gasteiger partial charge in [0.2, 0.25) is 0 Å². The van der Waals surface area contributed by atoms with Gasteiger partial charge in [0.15, 0.2) is 27.7 Å². The number of fused-ring (bicyclic) bond motifs is 2. The molecule has 0 radical (unpaired) electrons. The second-order valence-corrected chi connectivity index (χ2v) is 9.77. The number of carbonyl (C=O) groups is 2. The number of thiazole rings is 1. The van der Waals surface area contributed by atoms with E-state index in [1.54, 1.807) is 12.1 Å². The molecule has 0 saturated heterocycles. The van der Waals surface area contributed by atoms with Crippen molar-refractivity contribution in [1.29, 1.82) is 0 Å². The van der Waals surface area contributed by atoms with Gasteiger partial charge in [-0.3, -0.25) is 14.2 Å². The van der Waals surface area contributed by atoms with Crippen LogP contribution in [0, 0.1) is 6.57 Å². The molecule has 9 heteroatoms. The minimum absolute atomic E-state index is 0.00637. The van der Waals surface area contributed by atoms with E-state index < -0.39 is 11.6 Å². The summed E-state index contributed by atoms with van der Waals surface area (Å²) >= 11 is 13.6. The van der Waals surface area contributed by atoms with Crippen LogP contribution in [-0.4, -0.2) is 26.1 Å². The number of Topliss-reactive ketones (excluding diaryl/α,β-unsaturated/α-hetero) is 2. The Balaban J connectivity index is 1.51. The third-order valence-corrected chi connectivity index (χ3v) is 7.53. The van der Waals surface area contributed by atoms with E-state index in [1.807, 2.05) is 47.0 Å². The van der Waals surface area contributed by atoms with Crippen LogP contribution in [0.1, 0.15) is 26.5 Å². The summed E-state index contributed by atoms with van der Waals surface area (Å²) in [5.74, 6) is -0.437. The summed E-state index contributed by atoms with van der Waals surface area (Å²) in [5.41, 5.74) is 3.25. The third kappa shape index (κ3) is 3.55. The van der Waals surface area contributed by atoms with Crippen molar-refractivity contribution in [2.45, 2.75) is 0 Å². The number of aromatic nitrogens is 3. The molecule has 0 fully saturated rings. The molecule has 2 heterocycles. The molecule has 0 spiro atoms. The molecule has 5 aromatic rings. The molecule has 0 atom stereocenters. The number of benzene rings is 3. The number of para-hydroxylation sites is 1. The van der Waals surface area contributed by atoms with Crippen LogP contribution in [0.5, 0.6) is 0 Å². The SMILES string of the molecule is [C-]#[N+]c1ccc(-c2nc3c(nc(C=C4C(=O)c5cc(Cl)c(Cl)cc5C4=O)n3-c3ccccc3)s2)cc1. The Kier molecular flexibility index (Phi) is 5.31. The Labute approximate surface area is 218 Å². The van der Waals surface area contributed by atoms with Crippen molar-refractivity contribution in [3.63, 3.8) is 0 Å². The molecule has 0 unspecified atom stereocenters. The standard InChI is InChI=1S/C27H12Cl2N4O2S/c1-30-15-9-7-14(8-10-15)26-32-25-27(36-26)31-22(33(25)16-5-3-2-4-6-16)13-19-23(34)17-11-20(28)21(29)12-18(17)24(19)35/h2-13H. The van der Waals surface area contributed by atoms with E-state index >= 15 is 0 Å². The maximum atomic E-state index is 13.1. The van der Waals surface area contributed by atoms with Crippen molar-refractivity contribution in [3.8, 4) is 16.3 Å². The van der Waals surface area contributed by atoms with Gasteiger partial charge in [0.05, 0.1) is 22.2 Å². The summed E-state index contributed by atoms with van der Waals surface area (Å²) in [5, 5.41) is 1.17. The highest BCUT2D eigenvalue weighted by molar-refractivity contribution is 7.21. The lowest BCUT2D eigenvalue weighted by molar-refractivity contribution is 0.0990. The summed E-state index contributed by atoms with van der Waals surface area (Å²) in [4.78, 5) is 39.8. The number of rotatable bonds is 3. The number of allylic oxidation sites excluding steroid dienone is 1. The predicted octanol–water partition coefficient (Wildman–Crippen LogP) is 7.47. The molecule has 3 aromatic carbocycles. The lowest BCUT2D eigenvalue weighted by Crippen LogP contribution is -2.04. The molecule has 2 aromatic heterocycles. The first-order valence-electron chi connectivity index (χ1n) is 10.7. The van der Waals surface area contributed by atoms with Gasteiger partial charge < -0.3 is 0 Å². The molecule has 1 aliphatic carbocycles. The molecule has 6 nitrogen and oxygen atoms in total. The second kappa shape index (κ2) is 8.54. The average Bonchev–Trinajstić information content (AvgIpc) is 3.52. The highest BCUT2D eigenvalue weighted by Gasteiger charge is 2.34. The van der Waals surface area contributed by atoms with Crippen molar-refractivity contribution in [1.82, 2.24) is 14.5 Å². The van der Waals surface area contributed by atoms with Gasteiger partial charge in [-0.15, -0.1) is 0 Å². The van der Waals surface area contributed by atoms with Crippen molar-refractivity contribution in [2.24, 2.45) is 0 Å². The Morgan fingerprint density at radius 1 is 0.889 bits per heavy atom. The van der Waals surface area contributed by atoms with Crippen LogP contribution in [0.25, 0.3) is 37.7 Å². The number of nitrogens with zero attached hydrogens (tertiary/aromatic N) is 4. The van der Waals surface area contributed by atoms with Gasteiger partial charge >= 0.3 is 0 Å². The predicted molar refractivity (Wildman–Crippen MR) is 142 cm³/mol. The van der Waals surface area contributed by atoms with E-state index in [-0.39, 0.29) is 26.7 Å². The van der Waals surface area contributed by atoms with Crippen LogP contribution in [0.4, 0.5) is 5.69 Å². The van der Waals surface area contributed by atoms with E-state index in [9.17, 15) is 9.59 Å². The molecule has 1 aliphatic rings. The normalized spacial score (nSPS) is 12.8. The Bertz CT molecular complexity index is 1750. The lowest BCUT2D eigenvalue weighted by Gasteiger charge is -2.06. The molecule has 172 valence electrons. The summed E-state index contributed by atoms with van der Waals surface area (Å²) in [6.07, 6.45) is 1.50. The van der Waals surface area contributed by atoms with Crippen LogP contribution in [0.3, 0.4) is 0 Å². The second-order valence-electron chi connectivity index (χ2n) is 7.98. The van der Waals surface area contributed by atoms with E-state index in [0.717, 1.165) is 16.3 Å². The van der Waals surface area contributed by atoms with Gasteiger partial charge in [-0.25, -0.2) is 14.8 Å². The number of ketones is 2. The Hall–Kier alpha value is -4.09. The first kappa shape index (κ1) is 22.4. The fourth-order valence-corrected chi connectivity index (χ4v) is 5.36. The van der Waals surface area contributed by atoms with Crippen LogP contribution in [0.15, 0.2) is 72.3 Å². The van der Waals surface area contributed by atoms with E-state index in [2.05, 4.69) is 4.85 Å². The van der Waals surface area contributed by atoms with Gasteiger partial charge in [0.25, 0.3) is 0 Å². The van der Waals surface area contributed by atoms with E-state index in [1.165, 1.54) is 29.5 Å². The minimum atomic E-state index is -0.423. The van der Waals surface area contributed by atoms with Gasteiger partial charge in [0, 0.05) is 22.4 Å². The molecular weight excluding hydrogens is 515 g/mol. The summed E-state index contributed by atoms with van der Waals surface area (Å²) in [7, 11) is 0. The van der Waals surface area contributed by atoms with Gasteiger partial charge in [-0.1, -0.05) is 77.0 Å². The quantitative estimate of drug-likeness (QED) is 0.139. The molecule has 0 bridgehead atoms. The fraction of sp³-hybridized carbons (Fsp3) is 0. The minimum Gasteiger partial charge on any atom is -0.288 e. The molecule has 0 saturated carbocycles. The monoisotopic (exact) mass is 526 g/mol. The molecular formula is C27H12Cl2N4O2S. The molecule has 6 rings (SSSR count). The summed E-state index contributed by atoms with van der Waals surface area (Å²) < 4.78 is 1.82. The zero-order valence-electron chi connectivity index (χ0n) is 18.2. The first-order chi connectivity index (χ1) is 17.4. The maximum absolute atomic E-state index is 13.1. The zero-order chi connectivity index (χ0) is 25.0. The third-order valence-electron chi connectivity index (χ3n) is 5.82. The van der Waals surface area contributed by atoms with Crippen molar-refractivity contribution in [3.05, 3.63) is 111 Å². The Morgan fingerprint density at radius 3 is 2.14 bits per heavy atom. The lowest BCUT2D eigenvalue weighted by atomic mass is 10.1.